The third kappa shape index (κ3) is 7.26. The van der Waals surface area contributed by atoms with Crippen molar-refractivity contribution in [3.8, 4) is 0 Å². The molecule has 9 atom stereocenters. The Labute approximate surface area is 284 Å². The van der Waals surface area contributed by atoms with E-state index in [1.54, 1.807) is 33.9 Å². The van der Waals surface area contributed by atoms with Gasteiger partial charge in [-0.05, 0) is 56.7 Å². The molecule has 2 aliphatic rings. The highest BCUT2D eigenvalue weighted by atomic mass is 19.1. The number of esters is 2. The highest BCUT2D eigenvalue weighted by Gasteiger charge is 2.59. The number of hydrogen-bond acceptors (Lipinski definition) is 8. The van der Waals surface area contributed by atoms with Gasteiger partial charge in [-0.25, -0.2) is 9.18 Å². The molecule has 0 bridgehead atoms. The SMILES string of the molecule is CC[C@H]1OC(=O)[C@@](C)(F)C(=O)[C@H](C)[C@@H](C(C)(C)C)[C@](C)(OC/C=C/c2cnc3ccccc3c2)C[C@@H](C)C(=O)[C@H](C)[C@H]2CC(=O)O[C@@]21C. The Morgan fingerprint density at radius 3 is 2.35 bits per heavy atom. The normalized spacial score (nSPS) is 35.7. The fourth-order valence-corrected chi connectivity index (χ4v) is 8.68. The van der Waals surface area contributed by atoms with Crippen LogP contribution in [0.2, 0.25) is 0 Å². The van der Waals surface area contributed by atoms with Gasteiger partial charge in [0.2, 0.25) is 0 Å². The van der Waals surface area contributed by atoms with Crippen LogP contribution in [0, 0.1) is 35.0 Å². The molecule has 2 saturated heterocycles. The van der Waals surface area contributed by atoms with Crippen LogP contribution in [0.5, 0.6) is 0 Å². The predicted molar refractivity (Wildman–Crippen MR) is 182 cm³/mol. The number of carbonyl (C=O) groups is 4. The second-order valence-electron chi connectivity index (χ2n) is 15.6. The number of alkyl halides is 1. The number of carbonyl (C=O) groups excluding carboxylic acids is 4. The van der Waals surface area contributed by atoms with E-state index in [0.29, 0.717) is 0 Å². The zero-order valence-corrected chi connectivity index (χ0v) is 30.1. The number of pyridine rings is 1. The molecule has 0 aliphatic carbocycles. The van der Waals surface area contributed by atoms with Gasteiger partial charge in [-0.2, -0.15) is 0 Å². The molecule has 3 heterocycles. The largest absolute Gasteiger partial charge is 0.455 e. The summed E-state index contributed by atoms with van der Waals surface area (Å²) >= 11 is 0. The Kier molecular flexibility index (Phi) is 10.7. The lowest BCUT2D eigenvalue weighted by atomic mass is 9.60. The molecule has 0 saturated carbocycles. The molecule has 2 aromatic rings. The minimum atomic E-state index is -2.98. The van der Waals surface area contributed by atoms with Crippen LogP contribution in [-0.4, -0.2) is 58.1 Å². The van der Waals surface area contributed by atoms with E-state index in [-0.39, 0.29) is 31.7 Å². The van der Waals surface area contributed by atoms with Gasteiger partial charge < -0.3 is 14.2 Å². The molecule has 0 amide bonds. The van der Waals surface area contributed by atoms with E-state index in [4.69, 9.17) is 14.2 Å². The van der Waals surface area contributed by atoms with Crippen LogP contribution in [0.3, 0.4) is 0 Å². The molecule has 9 heteroatoms. The van der Waals surface area contributed by atoms with Crippen LogP contribution < -0.4 is 0 Å². The summed E-state index contributed by atoms with van der Waals surface area (Å²) in [6, 6.07) is 9.85. The lowest BCUT2D eigenvalue weighted by Crippen LogP contribution is -2.57. The summed E-state index contributed by atoms with van der Waals surface area (Å²) in [4.78, 5) is 59.0. The number of ether oxygens (including phenoxy) is 3. The third-order valence-electron chi connectivity index (χ3n) is 10.7. The van der Waals surface area contributed by atoms with E-state index < -0.39 is 75.7 Å². The van der Waals surface area contributed by atoms with Gasteiger partial charge in [0.25, 0.3) is 5.67 Å². The summed E-state index contributed by atoms with van der Waals surface area (Å²) in [5.41, 5.74) is -4.31. The first-order valence-corrected chi connectivity index (χ1v) is 17.1. The first-order valence-electron chi connectivity index (χ1n) is 17.1. The van der Waals surface area contributed by atoms with Crippen LogP contribution in [0.1, 0.15) is 94.1 Å². The zero-order valence-electron chi connectivity index (χ0n) is 30.1. The van der Waals surface area contributed by atoms with Gasteiger partial charge in [-0.3, -0.25) is 19.4 Å². The topological polar surface area (TPSA) is 109 Å². The minimum absolute atomic E-state index is 0.0418. The quantitative estimate of drug-likeness (QED) is 0.239. The van der Waals surface area contributed by atoms with Crippen LogP contribution >= 0.6 is 0 Å². The van der Waals surface area contributed by atoms with Crippen LogP contribution in [-0.2, 0) is 33.4 Å². The van der Waals surface area contributed by atoms with Crippen LogP contribution in [0.15, 0.2) is 42.6 Å². The van der Waals surface area contributed by atoms with Gasteiger partial charge >= 0.3 is 11.9 Å². The second-order valence-corrected chi connectivity index (χ2v) is 15.6. The van der Waals surface area contributed by atoms with Crippen LogP contribution in [0.25, 0.3) is 17.0 Å². The molecule has 1 aromatic heterocycles. The molecule has 8 nitrogen and oxygen atoms in total. The number of cyclic esters (lactones) is 1. The van der Waals surface area contributed by atoms with Crippen molar-refractivity contribution in [1.82, 2.24) is 4.98 Å². The lowest BCUT2D eigenvalue weighted by molar-refractivity contribution is -0.191. The van der Waals surface area contributed by atoms with E-state index in [1.807, 2.05) is 77.1 Å². The molecule has 48 heavy (non-hydrogen) atoms. The maximum absolute atomic E-state index is 16.5. The molecule has 0 radical (unpaired) electrons. The molecule has 262 valence electrons. The molecule has 2 aliphatic heterocycles. The molecule has 1 aromatic carbocycles. The number of fused-ring (bicyclic) bond motifs is 2. The number of nitrogens with zero attached hydrogens (tertiary/aromatic N) is 1. The maximum atomic E-state index is 16.5. The number of benzene rings is 1. The predicted octanol–water partition coefficient (Wildman–Crippen LogP) is 7.51. The number of aromatic nitrogens is 1. The molecule has 0 N–H and O–H groups in total. The number of rotatable bonds is 5. The summed E-state index contributed by atoms with van der Waals surface area (Å²) in [5.74, 6) is -6.29. The highest BCUT2D eigenvalue weighted by Crippen LogP contribution is 2.49. The fraction of sp³-hybridized carbons (Fsp3) is 0.615. The fourth-order valence-electron chi connectivity index (χ4n) is 8.68. The summed E-state index contributed by atoms with van der Waals surface area (Å²) < 4.78 is 34.7. The number of hydrogen-bond donors (Lipinski definition) is 0. The van der Waals surface area contributed by atoms with Crippen molar-refractivity contribution in [2.45, 2.75) is 111 Å². The average Bonchev–Trinajstić information content (AvgIpc) is 3.33. The zero-order chi connectivity index (χ0) is 35.8. The summed E-state index contributed by atoms with van der Waals surface area (Å²) in [6.07, 6.45) is 4.87. The third-order valence-corrected chi connectivity index (χ3v) is 10.7. The monoisotopic (exact) mass is 665 g/mol. The number of ketones is 2. The summed E-state index contributed by atoms with van der Waals surface area (Å²) in [7, 11) is 0. The van der Waals surface area contributed by atoms with E-state index in [0.717, 1.165) is 23.4 Å². The van der Waals surface area contributed by atoms with Crippen molar-refractivity contribution in [3.63, 3.8) is 0 Å². The second kappa shape index (κ2) is 13.8. The van der Waals surface area contributed by atoms with Gasteiger partial charge in [0.05, 0.1) is 24.1 Å². The molecule has 0 spiro atoms. The first kappa shape index (κ1) is 37.4. The minimum Gasteiger partial charge on any atom is -0.455 e. The number of halogens is 1. The van der Waals surface area contributed by atoms with Gasteiger partial charge in [-0.15, -0.1) is 0 Å². The molecular formula is C39H52FNO7. The molecule has 4 rings (SSSR count). The summed E-state index contributed by atoms with van der Waals surface area (Å²) in [6.45, 7) is 17.4. The van der Waals surface area contributed by atoms with Crippen molar-refractivity contribution in [2.24, 2.45) is 35.0 Å². The van der Waals surface area contributed by atoms with Gasteiger partial charge in [0.15, 0.2) is 5.78 Å². The van der Waals surface area contributed by atoms with Crippen molar-refractivity contribution >= 4 is 40.5 Å². The Morgan fingerprint density at radius 1 is 1.04 bits per heavy atom. The van der Waals surface area contributed by atoms with Gasteiger partial charge in [0.1, 0.15) is 17.5 Å². The standard InChI is InChI=1S/C39H52FNO7/c1-11-30-39(10)28(20-31(42)48-39)24(3)32(43)23(2)21-37(8,33(36(5,6)7)25(4)34(44)38(9,40)35(45)47-30)46-18-14-15-26-19-27-16-12-13-17-29(27)41-22-26/h12-17,19,22-25,28,30,33H,11,18,20-21H2,1-10H3/b15-14+/t23-,24-,25-,28-,30-,33+,37-,38+,39+/m1/s1. The first-order chi connectivity index (χ1) is 22.3. The molecular weight excluding hydrogens is 613 g/mol. The van der Waals surface area contributed by atoms with Gasteiger partial charge in [0, 0.05) is 41.2 Å². The van der Waals surface area contributed by atoms with Crippen LogP contribution in [0.4, 0.5) is 4.39 Å². The highest BCUT2D eigenvalue weighted by molar-refractivity contribution is 6.07. The Bertz CT molecular complexity index is 1580. The maximum Gasteiger partial charge on any atom is 0.351 e. The van der Waals surface area contributed by atoms with E-state index in [9.17, 15) is 19.2 Å². The number of Topliss-reactive ketones (excluding diaryl/α,β-unsaturated/α-hetero) is 2. The molecule has 2 fully saturated rings. The van der Waals surface area contributed by atoms with E-state index in [1.165, 1.54) is 0 Å². The Balaban J connectivity index is 1.76. The van der Waals surface area contributed by atoms with E-state index >= 15 is 4.39 Å². The molecule has 0 unspecified atom stereocenters. The van der Waals surface area contributed by atoms with Crippen molar-refractivity contribution in [1.29, 1.82) is 0 Å². The Hall–Kier alpha value is -3.46. The van der Waals surface area contributed by atoms with E-state index in [2.05, 4.69) is 4.98 Å². The van der Waals surface area contributed by atoms with Crippen molar-refractivity contribution in [3.05, 3.63) is 48.2 Å². The van der Waals surface area contributed by atoms with Crippen molar-refractivity contribution in [2.75, 3.05) is 6.61 Å². The number of para-hydroxylation sites is 1. The summed E-state index contributed by atoms with van der Waals surface area (Å²) in [5, 5.41) is 1.00. The van der Waals surface area contributed by atoms with Gasteiger partial charge in [-0.1, -0.05) is 78.8 Å². The smallest absolute Gasteiger partial charge is 0.351 e. The lowest BCUT2D eigenvalue weighted by Gasteiger charge is -2.49. The average molecular weight is 666 g/mol. The Morgan fingerprint density at radius 2 is 1.71 bits per heavy atom. The van der Waals surface area contributed by atoms with Crippen molar-refractivity contribution < 1.29 is 37.8 Å².